The van der Waals surface area contributed by atoms with Crippen LogP contribution in [0.1, 0.15) is 0 Å². The molecule has 0 atom stereocenters. The molecule has 0 unspecified atom stereocenters. The quantitative estimate of drug-likeness (QED) is 0.582. The Labute approximate surface area is 64.5 Å². The van der Waals surface area contributed by atoms with Crippen LogP contribution in [0.25, 0.3) is 0 Å². The molecular weight excluding hydrogens is 144 g/mol. The Morgan fingerprint density at radius 1 is 1.45 bits per heavy atom. The number of hydrogen-bond acceptors (Lipinski definition) is 3. The van der Waals surface area contributed by atoms with Crippen molar-refractivity contribution in [1.82, 2.24) is 10.3 Å². The van der Waals surface area contributed by atoms with E-state index in [2.05, 4.69) is 10.3 Å². The van der Waals surface area contributed by atoms with Gasteiger partial charge in [0, 0.05) is 6.20 Å². The van der Waals surface area contributed by atoms with Crippen molar-refractivity contribution in [3.63, 3.8) is 0 Å². The van der Waals surface area contributed by atoms with Crippen LogP contribution in [0.5, 0.6) is 0 Å². The van der Waals surface area contributed by atoms with Gasteiger partial charge >= 0.3 is 0 Å². The predicted octanol–water partition coefficient (Wildman–Crippen LogP) is -0.372. The van der Waals surface area contributed by atoms with Crippen LogP contribution < -0.4 is 5.32 Å². The first-order valence-corrected chi connectivity index (χ1v) is 3.23. The van der Waals surface area contributed by atoms with Crippen LogP contribution in [0.15, 0.2) is 24.4 Å². The van der Waals surface area contributed by atoms with Crippen molar-refractivity contribution in [2.24, 2.45) is 0 Å². The van der Waals surface area contributed by atoms with Crippen LogP contribution in [0.3, 0.4) is 0 Å². The molecule has 1 rings (SSSR count). The predicted molar refractivity (Wildman–Crippen MR) is 39.1 cm³/mol. The van der Waals surface area contributed by atoms with Gasteiger partial charge < -0.3 is 10.2 Å². The zero-order valence-electron chi connectivity index (χ0n) is 5.88. The highest BCUT2D eigenvalue weighted by atomic mass is 16.5. The Kier molecular flexibility index (Phi) is 2.83. The van der Waals surface area contributed by atoms with E-state index in [1.807, 2.05) is 0 Å². The summed E-state index contributed by atoms with van der Waals surface area (Å²) < 4.78 is 0. The van der Waals surface area contributed by atoms with Gasteiger partial charge in [-0.25, -0.2) is 4.98 Å². The molecule has 11 heavy (non-hydrogen) atoms. The molecule has 0 aliphatic carbocycles. The molecule has 0 bridgehead atoms. The fourth-order valence-corrected chi connectivity index (χ4v) is 0.622. The van der Waals surface area contributed by atoms with E-state index in [0.717, 1.165) is 0 Å². The summed E-state index contributed by atoms with van der Waals surface area (Å²) in [6, 6.07) is 5.26. The third-order valence-electron chi connectivity index (χ3n) is 1.07. The van der Waals surface area contributed by atoms with E-state index in [1.165, 1.54) is 0 Å². The van der Waals surface area contributed by atoms with Gasteiger partial charge in [0.2, 0.25) is 0 Å². The molecule has 59 valence electrons. The molecule has 2 N–H and O–H groups in total. The fourth-order valence-electron chi connectivity index (χ4n) is 0.622. The van der Waals surface area contributed by atoms with Crippen molar-refractivity contribution in [1.29, 1.82) is 0 Å². The van der Waals surface area contributed by atoms with E-state index in [4.69, 9.17) is 10.2 Å². The van der Waals surface area contributed by atoms with Gasteiger partial charge in [-0.15, -0.1) is 0 Å². The molecule has 0 aliphatic rings. The standard InChI is InChI=1S/C7H9N2O2/c10-7(11)5-9-6-3-1-2-4-8-6/h1-4,7,10-11H,5H2. The number of rotatable bonds is 3. The molecule has 0 aliphatic heterocycles. The Hall–Kier alpha value is -1.13. The third-order valence-corrected chi connectivity index (χ3v) is 1.07. The van der Waals surface area contributed by atoms with Crippen molar-refractivity contribution in [2.45, 2.75) is 6.29 Å². The van der Waals surface area contributed by atoms with E-state index >= 15 is 0 Å². The summed E-state index contributed by atoms with van der Waals surface area (Å²) in [6.07, 6.45) is 0.208. The molecule has 1 aromatic rings. The van der Waals surface area contributed by atoms with Crippen LogP contribution in [-0.4, -0.2) is 28.0 Å². The molecule has 1 heterocycles. The van der Waals surface area contributed by atoms with Gasteiger partial charge in [0.15, 0.2) is 6.29 Å². The summed E-state index contributed by atoms with van der Waals surface area (Å²) in [6.45, 7) is -0.0307. The molecule has 0 fully saturated rings. The maximum Gasteiger partial charge on any atom is 0.171 e. The molecule has 0 saturated heterocycles. The first-order chi connectivity index (χ1) is 5.29. The molecule has 0 saturated carbocycles. The summed E-state index contributed by atoms with van der Waals surface area (Å²) in [5, 5.41) is 20.7. The van der Waals surface area contributed by atoms with E-state index in [1.54, 1.807) is 24.4 Å². The smallest absolute Gasteiger partial charge is 0.171 e. The minimum Gasteiger partial charge on any atom is -0.367 e. The lowest BCUT2D eigenvalue weighted by molar-refractivity contribution is -0.0353. The molecular formula is C7H9N2O2. The Morgan fingerprint density at radius 3 is 2.82 bits per heavy atom. The number of hydrogen-bond donors (Lipinski definition) is 2. The van der Waals surface area contributed by atoms with Gasteiger partial charge in [0.1, 0.15) is 5.82 Å². The number of aliphatic hydroxyl groups is 2. The highest BCUT2D eigenvalue weighted by molar-refractivity contribution is 5.23. The minimum absolute atomic E-state index is 0.0307. The van der Waals surface area contributed by atoms with Gasteiger partial charge in [0.05, 0.1) is 6.54 Å². The molecule has 1 aromatic heterocycles. The number of pyridine rings is 1. The van der Waals surface area contributed by atoms with Crippen molar-refractivity contribution < 1.29 is 10.2 Å². The van der Waals surface area contributed by atoms with Gasteiger partial charge in [-0.2, -0.15) is 0 Å². The van der Waals surface area contributed by atoms with Crippen molar-refractivity contribution in [3.05, 3.63) is 24.4 Å². The summed E-state index contributed by atoms with van der Waals surface area (Å²) in [5.74, 6) is 0.514. The highest BCUT2D eigenvalue weighted by Gasteiger charge is 1.98. The van der Waals surface area contributed by atoms with Crippen LogP contribution in [0.4, 0.5) is 5.82 Å². The zero-order chi connectivity index (χ0) is 8.10. The van der Waals surface area contributed by atoms with Crippen molar-refractivity contribution in [2.75, 3.05) is 6.54 Å². The molecule has 0 amide bonds. The SMILES string of the molecule is OC(O)C[N]c1ccccn1. The number of nitrogens with zero attached hydrogens (tertiary/aromatic N) is 2. The Balaban J connectivity index is 2.39. The summed E-state index contributed by atoms with van der Waals surface area (Å²) in [7, 11) is 0. The monoisotopic (exact) mass is 153 g/mol. The lowest BCUT2D eigenvalue weighted by atomic mass is 10.4. The maximum atomic E-state index is 8.45. The van der Waals surface area contributed by atoms with Crippen molar-refractivity contribution >= 4 is 5.82 Å². The molecule has 4 nitrogen and oxygen atoms in total. The van der Waals surface area contributed by atoms with Crippen LogP contribution >= 0.6 is 0 Å². The molecule has 0 spiro atoms. The van der Waals surface area contributed by atoms with Crippen molar-refractivity contribution in [3.8, 4) is 0 Å². The summed E-state index contributed by atoms with van der Waals surface area (Å²) in [5.41, 5.74) is 0. The van der Waals surface area contributed by atoms with Crippen LogP contribution in [0, 0.1) is 0 Å². The topological polar surface area (TPSA) is 67.5 Å². The van der Waals surface area contributed by atoms with Crippen LogP contribution in [0.2, 0.25) is 0 Å². The zero-order valence-corrected chi connectivity index (χ0v) is 5.88. The number of aliphatic hydroxyl groups excluding tert-OH is 1. The first kappa shape index (κ1) is 7.97. The van der Waals surface area contributed by atoms with Gasteiger partial charge in [-0.05, 0) is 12.1 Å². The summed E-state index contributed by atoms with van der Waals surface area (Å²) >= 11 is 0. The van der Waals surface area contributed by atoms with Crippen LogP contribution in [-0.2, 0) is 0 Å². The first-order valence-electron chi connectivity index (χ1n) is 3.23. The van der Waals surface area contributed by atoms with E-state index in [-0.39, 0.29) is 6.54 Å². The molecule has 4 heteroatoms. The molecule has 1 radical (unpaired) electrons. The second-order valence-electron chi connectivity index (χ2n) is 2.01. The lowest BCUT2D eigenvalue weighted by Gasteiger charge is -2.02. The Morgan fingerprint density at radius 2 is 2.27 bits per heavy atom. The van der Waals surface area contributed by atoms with Gasteiger partial charge in [-0.3, -0.25) is 5.32 Å². The molecule has 0 aromatic carbocycles. The minimum atomic E-state index is -1.39. The maximum absolute atomic E-state index is 8.45. The van der Waals surface area contributed by atoms with E-state index < -0.39 is 6.29 Å². The van der Waals surface area contributed by atoms with Gasteiger partial charge in [0.25, 0.3) is 0 Å². The normalized spacial score (nSPS) is 10.1. The summed E-state index contributed by atoms with van der Waals surface area (Å²) in [4.78, 5) is 3.86. The fraction of sp³-hybridized carbons (Fsp3) is 0.286. The average molecular weight is 153 g/mol. The average Bonchev–Trinajstić information content (AvgIpc) is 2.03. The number of aromatic nitrogens is 1. The second kappa shape index (κ2) is 3.90. The van der Waals surface area contributed by atoms with E-state index in [0.29, 0.717) is 5.82 Å². The highest BCUT2D eigenvalue weighted by Crippen LogP contribution is 1.98. The van der Waals surface area contributed by atoms with E-state index in [9.17, 15) is 0 Å². The lowest BCUT2D eigenvalue weighted by Crippen LogP contribution is -2.17. The van der Waals surface area contributed by atoms with Gasteiger partial charge in [-0.1, -0.05) is 6.07 Å². The Bertz CT molecular complexity index is 201. The second-order valence-corrected chi connectivity index (χ2v) is 2.01. The largest absolute Gasteiger partial charge is 0.367 e. The third kappa shape index (κ3) is 2.97.